The molecular weight excluding hydrogens is 173 g/mol. The standard InChI is InChI=1S/C8H12NO2P/c1-11-8-4-6(5-9-12)2-3-7(8)10/h2-4,9-10H,5,12H2,1H3. The van der Waals surface area contributed by atoms with Crippen LogP contribution < -0.4 is 9.82 Å². The highest BCUT2D eigenvalue weighted by Crippen LogP contribution is 2.26. The van der Waals surface area contributed by atoms with E-state index in [0.717, 1.165) is 12.1 Å². The summed E-state index contributed by atoms with van der Waals surface area (Å²) in [6, 6.07) is 5.26. The van der Waals surface area contributed by atoms with Crippen LogP contribution in [0.3, 0.4) is 0 Å². The first kappa shape index (κ1) is 9.30. The summed E-state index contributed by atoms with van der Waals surface area (Å²) < 4.78 is 4.95. The molecule has 0 aliphatic heterocycles. The Bertz CT molecular complexity index is 265. The third-order valence-electron chi connectivity index (χ3n) is 1.55. The molecule has 0 amide bonds. The maximum Gasteiger partial charge on any atom is 0.160 e. The number of nitrogens with one attached hydrogen (secondary N) is 1. The van der Waals surface area contributed by atoms with E-state index in [2.05, 4.69) is 14.5 Å². The molecule has 0 aliphatic carbocycles. The molecule has 1 aromatic rings. The molecule has 2 N–H and O–H groups in total. The summed E-state index contributed by atoms with van der Waals surface area (Å²) in [5.74, 6) is 0.678. The fourth-order valence-electron chi connectivity index (χ4n) is 0.950. The Labute approximate surface area is 74.0 Å². The van der Waals surface area contributed by atoms with Gasteiger partial charge in [0.1, 0.15) is 0 Å². The van der Waals surface area contributed by atoms with Gasteiger partial charge in [-0.3, -0.25) is 5.09 Å². The monoisotopic (exact) mass is 185 g/mol. The van der Waals surface area contributed by atoms with Gasteiger partial charge in [0.05, 0.1) is 7.11 Å². The van der Waals surface area contributed by atoms with Crippen molar-refractivity contribution in [1.82, 2.24) is 5.09 Å². The molecule has 0 saturated heterocycles. The molecule has 0 aliphatic rings. The Morgan fingerprint density at radius 3 is 2.92 bits per heavy atom. The zero-order valence-corrected chi connectivity index (χ0v) is 8.03. The van der Waals surface area contributed by atoms with Crippen molar-refractivity contribution in [2.24, 2.45) is 0 Å². The summed E-state index contributed by atoms with van der Waals surface area (Å²) >= 11 is 0. The molecule has 1 aromatic carbocycles. The van der Waals surface area contributed by atoms with E-state index >= 15 is 0 Å². The van der Waals surface area contributed by atoms with Gasteiger partial charge in [-0.1, -0.05) is 15.5 Å². The lowest BCUT2D eigenvalue weighted by Gasteiger charge is -2.05. The molecule has 0 fully saturated rings. The van der Waals surface area contributed by atoms with E-state index in [-0.39, 0.29) is 5.75 Å². The summed E-state index contributed by atoms with van der Waals surface area (Å²) in [6.07, 6.45) is 0. The third-order valence-corrected chi connectivity index (χ3v) is 1.75. The number of methoxy groups -OCH3 is 1. The summed E-state index contributed by atoms with van der Waals surface area (Å²) in [4.78, 5) is 0. The van der Waals surface area contributed by atoms with Gasteiger partial charge in [0.25, 0.3) is 0 Å². The Balaban J connectivity index is 2.89. The second-order valence-electron chi connectivity index (χ2n) is 2.39. The highest BCUT2D eigenvalue weighted by molar-refractivity contribution is 7.13. The van der Waals surface area contributed by atoms with Gasteiger partial charge < -0.3 is 9.84 Å². The van der Waals surface area contributed by atoms with E-state index in [1.54, 1.807) is 12.1 Å². The van der Waals surface area contributed by atoms with Gasteiger partial charge in [-0.25, -0.2) is 0 Å². The van der Waals surface area contributed by atoms with Crippen LogP contribution in [0.1, 0.15) is 5.56 Å². The highest BCUT2D eigenvalue weighted by Gasteiger charge is 2.00. The molecule has 0 radical (unpaired) electrons. The van der Waals surface area contributed by atoms with Crippen molar-refractivity contribution in [2.45, 2.75) is 6.54 Å². The Kier molecular flexibility index (Phi) is 3.32. The molecule has 0 spiro atoms. The quantitative estimate of drug-likeness (QED) is 0.697. The Morgan fingerprint density at radius 1 is 1.58 bits per heavy atom. The molecule has 1 atom stereocenters. The van der Waals surface area contributed by atoms with Gasteiger partial charge in [0.2, 0.25) is 0 Å². The molecule has 0 saturated carbocycles. The predicted molar refractivity (Wildman–Crippen MR) is 51.2 cm³/mol. The predicted octanol–water partition coefficient (Wildman–Crippen LogP) is 1.28. The molecular formula is C8H12NO2P. The van der Waals surface area contributed by atoms with Crippen molar-refractivity contribution in [2.75, 3.05) is 7.11 Å². The molecule has 3 nitrogen and oxygen atoms in total. The fraction of sp³-hybridized carbons (Fsp3) is 0.250. The lowest BCUT2D eigenvalue weighted by atomic mass is 10.2. The first-order valence-electron chi connectivity index (χ1n) is 3.57. The molecule has 0 heterocycles. The number of phenolic OH excluding ortho intramolecular Hbond substituents is 1. The number of hydrogen-bond donors (Lipinski definition) is 2. The van der Waals surface area contributed by atoms with Gasteiger partial charge >= 0.3 is 0 Å². The van der Waals surface area contributed by atoms with Crippen molar-refractivity contribution in [3.63, 3.8) is 0 Å². The van der Waals surface area contributed by atoms with E-state index in [4.69, 9.17) is 4.74 Å². The second-order valence-corrected chi connectivity index (χ2v) is 2.80. The number of ether oxygens (including phenoxy) is 1. The summed E-state index contributed by atoms with van der Waals surface area (Å²) in [5.41, 5.74) is 1.07. The number of phenols is 1. The highest BCUT2D eigenvalue weighted by atomic mass is 31.0. The Morgan fingerprint density at radius 2 is 2.33 bits per heavy atom. The minimum absolute atomic E-state index is 0.171. The lowest BCUT2D eigenvalue weighted by Crippen LogP contribution is -1.97. The van der Waals surface area contributed by atoms with E-state index in [1.807, 2.05) is 6.07 Å². The SMILES string of the molecule is COc1cc(CNP)ccc1O. The van der Waals surface area contributed by atoms with Crippen molar-refractivity contribution in [3.05, 3.63) is 23.8 Å². The molecule has 12 heavy (non-hydrogen) atoms. The number of aromatic hydroxyl groups is 1. The summed E-state index contributed by atoms with van der Waals surface area (Å²) in [5, 5.41) is 12.2. The van der Waals surface area contributed by atoms with Crippen LogP contribution in [0.5, 0.6) is 11.5 Å². The number of hydrogen-bond acceptors (Lipinski definition) is 3. The van der Waals surface area contributed by atoms with Crippen LogP contribution >= 0.6 is 9.39 Å². The summed E-state index contributed by atoms with van der Waals surface area (Å²) in [6.45, 7) is 0.737. The first-order valence-corrected chi connectivity index (χ1v) is 4.15. The minimum Gasteiger partial charge on any atom is -0.504 e. The molecule has 66 valence electrons. The Hall–Kier alpha value is -0.790. The zero-order valence-electron chi connectivity index (χ0n) is 6.87. The zero-order chi connectivity index (χ0) is 8.97. The van der Waals surface area contributed by atoms with Gasteiger partial charge in [-0.05, 0) is 17.7 Å². The van der Waals surface area contributed by atoms with Gasteiger partial charge in [0, 0.05) is 6.54 Å². The molecule has 0 bridgehead atoms. The molecule has 1 rings (SSSR count). The molecule has 0 aromatic heterocycles. The maximum absolute atomic E-state index is 9.25. The average molecular weight is 185 g/mol. The van der Waals surface area contributed by atoms with Crippen molar-refractivity contribution < 1.29 is 9.84 Å². The normalized spacial score (nSPS) is 9.83. The van der Waals surface area contributed by atoms with Gasteiger partial charge in [0.15, 0.2) is 11.5 Å². The third kappa shape index (κ3) is 2.10. The van der Waals surface area contributed by atoms with Gasteiger partial charge in [-0.15, -0.1) is 0 Å². The second kappa shape index (κ2) is 4.29. The van der Waals surface area contributed by atoms with Crippen LogP contribution in [0.4, 0.5) is 0 Å². The van der Waals surface area contributed by atoms with Crippen LogP contribution in [-0.4, -0.2) is 12.2 Å². The molecule has 4 heteroatoms. The van der Waals surface area contributed by atoms with Crippen LogP contribution in [0.15, 0.2) is 18.2 Å². The number of rotatable bonds is 3. The lowest BCUT2D eigenvalue weighted by molar-refractivity contribution is 0.373. The fourth-order valence-corrected chi connectivity index (χ4v) is 1.19. The van der Waals surface area contributed by atoms with Crippen molar-refractivity contribution in [1.29, 1.82) is 0 Å². The van der Waals surface area contributed by atoms with Crippen LogP contribution in [0.25, 0.3) is 0 Å². The van der Waals surface area contributed by atoms with Crippen LogP contribution in [0.2, 0.25) is 0 Å². The van der Waals surface area contributed by atoms with Crippen LogP contribution in [-0.2, 0) is 6.54 Å². The number of benzene rings is 1. The van der Waals surface area contributed by atoms with E-state index in [1.165, 1.54) is 7.11 Å². The average Bonchev–Trinajstić information content (AvgIpc) is 2.09. The van der Waals surface area contributed by atoms with E-state index in [0.29, 0.717) is 5.75 Å². The first-order chi connectivity index (χ1) is 5.77. The molecule has 1 unspecified atom stereocenters. The van der Waals surface area contributed by atoms with E-state index < -0.39 is 0 Å². The topological polar surface area (TPSA) is 41.5 Å². The van der Waals surface area contributed by atoms with Crippen molar-refractivity contribution in [3.8, 4) is 11.5 Å². The van der Waals surface area contributed by atoms with Gasteiger partial charge in [-0.2, -0.15) is 0 Å². The maximum atomic E-state index is 9.25. The minimum atomic E-state index is 0.171. The summed E-state index contributed by atoms with van der Waals surface area (Å²) in [7, 11) is 3.95. The van der Waals surface area contributed by atoms with E-state index in [9.17, 15) is 5.11 Å². The largest absolute Gasteiger partial charge is 0.504 e. The van der Waals surface area contributed by atoms with Crippen LogP contribution in [0, 0.1) is 0 Å². The van der Waals surface area contributed by atoms with Crippen molar-refractivity contribution >= 4 is 9.39 Å². The smallest absolute Gasteiger partial charge is 0.160 e.